The molecule has 4 aromatic rings. The van der Waals surface area contributed by atoms with Gasteiger partial charge in [0, 0.05) is 11.3 Å². The summed E-state index contributed by atoms with van der Waals surface area (Å²) in [6.07, 6.45) is 3.19. The number of rotatable bonds is 6. The highest BCUT2D eigenvalue weighted by atomic mass is 32.2. The van der Waals surface area contributed by atoms with Gasteiger partial charge in [0.1, 0.15) is 24.4 Å². The minimum absolute atomic E-state index is 0.297. The molecule has 0 saturated heterocycles. The van der Waals surface area contributed by atoms with Gasteiger partial charge in [0.05, 0.1) is 12.0 Å². The number of oxazole rings is 1. The third-order valence-corrected chi connectivity index (χ3v) is 4.37. The van der Waals surface area contributed by atoms with Gasteiger partial charge in [-0.25, -0.2) is 14.1 Å². The summed E-state index contributed by atoms with van der Waals surface area (Å²) >= 11 is 1.44. The molecule has 0 aliphatic heterocycles. The molecule has 9 heteroatoms. The van der Waals surface area contributed by atoms with Gasteiger partial charge in [-0.2, -0.15) is 0 Å². The lowest BCUT2D eigenvalue weighted by Crippen LogP contribution is -2.03. The van der Waals surface area contributed by atoms with Crippen LogP contribution in [0.5, 0.6) is 0 Å². The number of furan rings is 1. The van der Waals surface area contributed by atoms with E-state index in [4.69, 9.17) is 8.83 Å². The van der Waals surface area contributed by atoms with E-state index in [0.717, 1.165) is 17.0 Å². The molecule has 0 radical (unpaired) electrons. The maximum Gasteiger partial charge on any atom is 0.226 e. The van der Waals surface area contributed by atoms with Gasteiger partial charge >= 0.3 is 0 Å². The van der Waals surface area contributed by atoms with Crippen LogP contribution in [-0.4, -0.2) is 25.2 Å². The van der Waals surface area contributed by atoms with Crippen LogP contribution in [0.4, 0.5) is 4.39 Å². The molecule has 0 atom stereocenters. The van der Waals surface area contributed by atoms with E-state index >= 15 is 0 Å². The molecule has 126 valence electrons. The quantitative estimate of drug-likeness (QED) is 0.489. The number of halogens is 1. The summed E-state index contributed by atoms with van der Waals surface area (Å²) in [5, 5.41) is 12.3. The van der Waals surface area contributed by atoms with Crippen molar-refractivity contribution >= 4 is 11.8 Å². The average molecular weight is 357 g/mol. The zero-order chi connectivity index (χ0) is 17.1. The van der Waals surface area contributed by atoms with Gasteiger partial charge in [0.25, 0.3) is 0 Å². The first-order valence-electron chi connectivity index (χ1n) is 7.39. The van der Waals surface area contributed by atoms with Gasteiger partial charge in [-0.3, -0.25) is 0 Å². The summed E-state index contributed by atoms with van der Waals surface area (Å²) in [7, 11) is 0. The van der Waals surface area contributed by atoms with Gasteiger partial charge in [0.15, 0.2) is 0 Å². The third kappa shape index (κ3) is 3.61. The molecule has 0 bridgehead atoms. The summed E-state index contributed by atoms with van der Waals surface area (Å²) in [5.41, 5.74) is 1.47. The van der Waals surface area contributed by atoms with E-state index < -0.39 is 0 Å². The van der Waals surface area contributed by atoms with E-state index in [0.29, 0.717) is 23.3 Å². The number of hydrogen-bond donors (Lipinski definition) is 0. The molecule has 25 heavy (non-hydrogen) atoms. The standard InChI is InChI=1S/C16H12FN5O2S/c17-12-5-3-11(4-6-12)15-18-13(9-24-15)10-25-16-19-20-21-22(16)8-14-2-1-7-23-14/h1-7,9H,8,10H2. The molecule has 0 aliphatic rings. The Balaban J connectivity index is 1.42. The highest BCUT2D eigenvalue weighted by molar-refractivity contribution is 7.98. The van der Waals surface area contributed by atoms with Crippen LogP contribution in [0, 0.1) is 5.82 Å². The third-order valence-electron chi connectivity index (χ3n) is 3.38. The van der Waals surface area contributed by atoms with Crippen LogP contribution in [-0.2, 0) is 12.3 Å². The molecule has 1 aromatic carbocycles. The lowest BCUT2D eigenvalue weighted by Gasteiger charge is -2.00. The normalized spacial score (nSPS) is 11.1. The topological polar surface area (TPSA) is 82.8 Å². The number of aromatic nitrogens is 5. The second-order valence-corrected chi connectivity index (χ2v) is 6.08. The number of hydrogen-bond acceptors (Lipinski definition) is 7. The Hall–Kier alpha value is -2.94. The molecule has 0 saturated carbocycles. The molecule has 3 heterocycles. The van der Waals surface area contributed by atoms with E-state index in [1.165, 1.54) is 23.9 Å². The highest BCUT2D eigenvalue weighted by Gasteiger charge is 2.12. The molecule has 3 aromatic heterocycles. The summed E-state index contributed by atoms with van der Waals surface area (Å²) in [4.78, 5) is 4.41. The van der Waals surface area contributed by atoms with Crippen molar-refractivity contribution in [2.75, 3.05) is 0 Å². The van der Waals surface area contributed by atoms with Crippen LogP contribution in [0.3, 0.4) is 0 Å². The van der Waals surface area contributed by atoms with Gasteiger partial charge in [-0.1, -0.05) is 11.8 Å². The Labute approximate surface area is 145 Å². The van der Waals surface area contributed by atoms with Gasteiger partial charge < -0.3 is 8.83 Å². The Morgan fingerprint density at radius 2 is 2.00 bits per heavy atom. The van der Waals surface area contributed by atoms with Crippen LogP contribution in [0.25, 0.3) is 11.5 Å². The first-order chi connectivity index (χ1) is 12.3. The van der Waals surface area contributed by atoms with Crippen LogP contribution in [0.15, 0.2) is 62.9 Å². The largest absolute Gasteiger partial charge is 0.467 e. The minimum Gasteiger partial charge on any atom is -0.467 e. The van der Waals surface area contributed by atoms with Crippen molar-refractivity contribution in [1.82, 2.24) is 25.2 Å². The maximum atomic E-state index is 13.0. The lowest BCUT2D eigenvalue weighted by atomic mass is 10.2. The maximum absolute atomic E-state index is 13.0. The molecule has 0 spiro atoms. The van der Waals surface area contributed by atoms with Crippen molar-refractivity contribution in [3.8, 4) is 11.5 Å². The Bertz CT molecular complexity index is 949. The van der Waals surface area contributed by atoms with Gasteiger partial charge in [-0.15, -0.1) is 5.10 Å². The summed E-state index contributed by atoms with van der Waals surface area (Å²) in [6, 6.07) is 9.68. The Morgan fingerprint density at radius 3 is 2.80 bits per heavy atom. The van der Waals surface area contributed by atoms with Crippen LogP contribution >= 0.6 is 11.8 Å². The fraction of sp³-hybridized carbons (Fsp3) is 0.125. The van der Waals surface area contributed by atoms with Crippen LogP contribution < -0.4 is 0 Å². The smallest absolute Gasteiger partial charge is 0.226 e. The van der Waals surface area contributed by atoms with Gasteiger partial charge in [0.2, 0.25) is 11.0 Å². The number of nitrogens with zero attached hydrogens (tertiary/aromatic N) is 5. The van der Waals surface area contributed by atoms with Gasteiger partial charge in [-0.05, 0) is 46.8 Å². The van der Waals surface area contributed by atoms with E-state index in [9.17, 15) is 4.39 Å². The average Bonchev–Trinajstić information content (AvgIpc) is 3.36. The summed E-state index contributed by atoms with van der Waals surface area (Å²) in [5.74, 6) is 1.47. The minimum atomic E-state index is -0.297. The first kappa shape index (κ1) is 15.6. The molecule has 0 unspecified atom stereocenters. The molecule has 4 rings (SSSR count). The van der Waals surface area contributed by atoms with E-state index in [2.05, 4.69) is 20.5 Å². The molecule has 0 amide bonds. The molecule has 0 N–H and O–H groups in total. The Kier molecular flexibility index (Phi) is 4.30. The number of benzene rings is 1. The van der Waals surface area contributed by atoms with Crippen molar-refractivity contribution in [3.63, 3.8) is 0 Å². The van der Waals surface area contributed by atoms with Crippen molar-refractivity contribution in [2.24, 2.45) is 0 Å². The van der Waals surface area contributed by atoms with Crippen LogP contribution in [0.2, 0.25) is 0 Å². The second kappa shape index (κ2) is 6.89. The molecular weight excluding hydrogens is 345 g/mol. The van der Waals surface area contributed by atoms with Crippen molar-refractivity contribution < 1.29 is 13.2 Å². The number of tetrazole rings is 1. The van der Waals surface area contributed by atoms with Crippen molar-refractivity contribution in [3.05, 3.63) is 66.2 Å². The van der Waals surface area contributed by atoms with Crippen molar-refractivity contribution in [1.29, 1.82) is 0 Å². The fourth-order valence-electron chi connectivity index (χ4n) is 2.19. The lowest BCUT2D eigenvalue weighted by molar-refractivity contribution is 0.462. The molecular formula is C16H12FN5O2S. The fourth-order valence-corrected chi connectivity index (χ4v) is 2.94. The molecule has 0 aliphatic carbocycles. The van der Waals surface area contributed by atoms with E-state index in [1.54, 1.807) is 29.3 Å². The van der Waals surface area contributed by atoms with E-state index in [-0.39, 0.29) is 5.82 Å². The summed E-state index contributed by atoms with van der Waals surface area (Å²) in [6.45, 7) is 0.460. The highest BCUT2D eigenvalue weighted by Crippen LogP contribution is 2.24. The Morgan fingerprint density at radius 1 is 1.12 bits per heavy atom. The first-order valence-corrected chi connectivity index (χ1v) is 8.38. The predicted molar refractivity (Wildman–Crippen MR) is 87.1 cm³/mol. The summed E-state index contributed by atoms with van der Waals surface area (Å²) < 4.78 is 25.4. The molecule has 7 nitrogen and oxygen atoms in total. The van der Waals surface area contributed by atoms with E-state index in [1.807, 2.05) is 12.1 Å². The zero-order valence-corrected chi connectivity index (χ0v) is 13.7. The molecule has 0 fully saturated rings. The number of thioether (sulfide) groups is 1. The van der Waals surface area contributed by atoms with Crippen molar-refractivity contribution in [2.45, 2.75) is 17.5 Å². The monoisotopic (exact) mass is 357 g/mol. The van der Waals surface area contributed by atoms with Crippen LogP contribution in [0.1, 0.15) is 11.5 Å². The predicted octanol–water partition coefficient (Wildman–Crippen LogP) is 3.40. The zero-order valence-electron chi connectivity index (χ0n) is 12.9. The SMILES string of the molecule is Fc1ccc(-c2nc(CSc3nnnn3Cc3ccco3)co2)cc1. The second-order valence-electron chi connectivity index (χ2n) is 5.14.